The lowest BCUT2D eigenvalue weighted by Crippen LogP contribution is -2.22. The molecule has 0 rings (SSSR count). The fourth-order valence-electron chi connectivity index (χ4n) is 0.501. The zero-order valence-corrected chi connectivity index (χ0v) is 7.24. The van der Waals surface area contributed by atoms with Crippen LogP contribution in [0, 0.1) is 11.3 Å². The van der Waals surface area contributed by atoms with Crippen molar-refractivity contribution < 1.29 is 14.3 Å². The number of rotatable bonds is 4. The number of nitrogens with zero attached hydrogens (tertiary/aromatic N) is 1. The van der Waals surface area contributed by atoms with Crippen LogP contribution < -0.4 is 0 Å². The predicted molar refractivity (Wildman–Crippen MR) is 45.5 cm³/mol. The third-order valence-corrected chi connectivity index (χ3v) is 1.27. The van der Waals surface area contributed by atoms with E-state index in [4.69, 9.17) is 5.26 Å². The number of carbonyl (C=O) groups is 2. The first-order chi connectivity index (χ1) is 6.02. The molecule has 1 unspecified atom stereocenters. The number of hydrogen-bond acceptors (Lipinski definition) is 4. The van der Waals surface area contributed by atoms with Crippen molar-refractivity contribution >= 4 is 11.8 Å². The van der Waals surface area contributed by atoms with Crippen molar-refractivity contribution in [1.29, 1.82) is 5.26 Å². The minimum atomic E-state index is -0.921. The van der Waals surface area contributed by atoms with E-state index in [1.807, 2.05) is 0 Å². The lowest BCUT2D eigenvalue weighted by Gasteiger charge is -2.08. The van der Waals surface area contributed by atoms with E-state index in [2.05, 4.69) is 17.9 Å². The molecule has 0 aromatic heterocycles. The van der Waals surface area contributed by atoms with Crippen molar-refractivity contribution in [2.24, 2.45) is 0 Å². The van der Waals surface area contributed by atoms with Gasteiger partial charge in [0.15, 0.2) is 11.9 Å². The fraction of sp³-hybridized carbons (Fsp3) is 0.222. The van der Waals surface area contributed by atoms with Crippen LogP contribution in [0.15, 0.2) is 24.8 Å². The SMILES string of the molecule is C=CC(=O)C(C)OC(=O)C(=C)C#N. The van der Waals surface area contributed by atoms with Crippen LogP contribution in [0.5, 0.6) is 0 Å². The van der Waals surface area contributed by atoms with Crippen molar-refractivity contribution in [3.63, 3.8) is 0 Å². The first kappa shape index (κ1) is 11.1. The maximum Gasteiger partial charge on any atom is 0.348 e. The highest BCUT2D eigenvalue weighted by atomic mass is 16.5. The first-order valence-electron chi connectivity index (χ1n) is 3.49. The Labute approximate surface area is 76.1 Å². The molecule has 0 aromatic rings. The van der Waals surface area contributed by atoms with Gasteiger partial charge < -0.3 is 4.74 Å². The Balaban J connectivity index is 4.23. The maximum absolute atomic E-state index is 10.9. The highest BCUT2D eigenvalue weighted by molar-refractivity contribution is 5.97. The summed E-state index contributed by atoms with van der Waals surface area (Å²) in [6.07, 6.45) is 0.127. The molecule has 0 fully saturated rings. The quantitative estimate of drug-likeness (QED) is 0.363. The lowest BCUT2D eigenvalue weighted by atomic mass is 10.2. The molecule has 0 aliphatic carbocycles. The zero-order valence-electron chi connectivity index (χ0n) is 7.24. The monoisotopic (exact) mass is 179 g/mol. The largest absolute Gasteiger partial charge is 0.450 e. The van der Waals surface area contributed by atoms with Crippen LogP contribution in [0.25, 0.3) is 0 Å². The Morgan fingerprint density at radius 2 is 2.15 bits per heavy atom. The second kappa shape index (κ2) is 4.88. The highest BCUT2D eigenvalue weighted by Gasteiger charge is 2.16. The summed E-state index contributed by atoms with van der Waals surface area (Å²) in [4.78, 5) is 21.7. The predicted octanol–water partition coefficient (Wildman–Crippen LogP) is 0.753. The Hall–Kier alpha value is -1.89. The second-order valence-corrected chi connectivity index (χ2v) is 2.24. The van der Waals surface area contributed by atoms with Gasteiger partial charge in [0.05, 0.1) is 0 Å². The average molecular weight is 179 g/mol. The van der Waals surface area contributed by atoms with Crippen molar-refractivity contribution in [2.45, 2.75) is 13.0 Å². The summed E-state index contributed by atoms with van der Waals surface area (Å²) in [7, 11) is 0. The topological polar surface area (TPSA) is 67.2 Å². The Morgan fingerprint density at radius 3 is 2.54 bits per heavy atom. The van der Waals surface area contributed by atoms with Gasteiger partial charge in [-0.05, 0) is 13.0 Å². The van der Waals surface area contributed by atoms with Gasteiger partial charge in [-0.2, -0.15) is 5.26 Å². The van der Waals surface area contributed by atoms with Gasteiger partial charge >= 0.3 is 5.97 Å². The average Bonchev–Trinajstić information content (AvgIpc) is 2.14. The van der Waals surface area contributed by atoms with Gasteiger partial charge in [0, 0.05) is 0 Å². The van der Waals surface area contributed by atoms with Crippen LogP contribution in [-0.2, 0) is 14.3 Å². The number of hydrogen-bond donors (Lipinski definition) is 0. The summed E-state index contributed by atoms with van der Waals surface area (Å²) in [5.41, 5.74) is -0.330. The molecule has 1 atom stereocenters. The van der Waals surface area contributed by atoms with Gasteiger partial charge in [0.1, 0.15) is 11.6 Å². The standard InChI is InChI=1S/C9H9NO3/c1-4-8(11)7(3)13-9(12)6(2)5-10/h4,7H,1-2H2,3H3. The van der Waals surface area contributed by atoms with Gasteiger partial charge in [-0.25, -0.2) is 4.79 Å². The molecule has 4 heteroatoms. The molecule has 0 saturated carbocycles. The molecule has 0 spiro atoms. The highest BCUT2D eigenvalue weighted by Crippen LogP contribution is 1.99. The van der Waals surface area contributed by atoms with Crippen molar-refractivity contribution in [2.75, 3.05) is 0 Å². The van der Waals surface area contributed by atoms with E-state index < -0.39 is 17.9 Å². The molecule has 68 valence electrons. The second-order valence-electron chi connectivity index (χ2n) is 2.24. The number of ether oxygens (including phenoxy) is 1. The normalized spacial score (nSPS) is 10.8. The minimum Gasteiger partial charge on any atom is -0.450 e. The van der Waals surface area contributed by atoms with E-state index in [9.17, 15) is 9.59 Å². The Bertz CT molecular complexity index is 298. The first-order valence-corrected chi connectivity index (χ1v) is 3.49. The van der Waals surface area contributed by atoms with Crippen molar-refractivity contribution in [1.82, 2.24) is 0 Å². The van der Waals surface area contributed by atoms with E-state index in [0.717, 1.165) is 6.08 Å². The van der Waals surface area contributed by atoms with E-state index in [1.165, 1.54) is 13.0 Å². The molecule has 0 aromatic carbocycles. The number of ketones is 1. The summed E-state index contributed by atoms with van der Waals surface area (Å²) in [5.74, 6) is -1.30. The molecule has 0 aliphatic rings. The van der Waals surface area contributed by atoms with E-state index >= 15 is 0 Å². The summed E-state index contributed by atoms with van der Waals surface area (Å²) >= 11 is 0. The number of carbonyl (C=O) groups excluding carboxylic acids is 2. The zero-order chi connectivity index (χ0) is 10.4. The summed E-state index contributed by atoms with van der Waals surface area (Å²) in [5, 5.41) is 8.26. The lowest BCUT2D eigenvalue weighted by molar-refractivity contribution is -0.148. The smallest absolute Gasteiger partial charge is 0.348 e. The van der Waals surface area contributed by atoms with Crippen LogP contribution in [0.1, 0.15) is 6.92 Å². The summed E-state index contributed by atoms with van der Waals surface area (Å²) < 4.78 is 4.57. The third kappa shape index (κ3) is 3.34. The molecule has 0 aliphatic heterocycles. The van der Waals surface area contributed by atoms with Crippen LogP contribution in [-0.4, -0.2) is 17.9 Å². The van der Waals surface area contributed by atoms with Crippen LogP contribution in [0.4, 0.5) is 0 Å². The Kier molecular flexibility index (Phi) is 4.17. The summed E-state index contributed by atoms with van der Waals surface area (Å²) in [6, 6.07) is 1.52. The molecule has 0 saturated heterocycles. The molecular weight excluding hydrogens is 170 g/mol. The van der Waals surface area contributed by atoms with E-state index in [-0.39, 0.29) is 5.57 Å². The number of nitriles is 1. The maximum atomic E-state index is 10.9. The molecule has 4 nitrogen and oxygen atoms in total. The third-order valence-electron chi connectivity index (χ3n) is 1.27. The molecule has 0 bridgehead atoms. The van der Waals surface area contributed by atoms with E-state index in [1.54, 1.807) is 0 Å². The van der Waals surface area contributed by atoms with Crippen LogP contribution >= 0.6 is 0 Å². The van der Waals surface area contributed by atoms with Gasteiger partial charge in [-0.3, -0.25) is 4.79 Å². The summed E-state index contributed by atoms with van der Waals surface area (Å²) in [6.45, 7) is 7.76. The van der Waals surface area contributed by atoms with Gasteiger partial charge in [0.2, 0.25) is 0 Å². The number of esters is 1. The molecule has 0 radical (unpaired) electrons. The van der Waals surface area contributed by atoms with Gasteiger partial charge in [-0.1, -0.05) is 13.2 Å². The fourth-order valence-corrected chi connectivity index (χ4v) is 0.501. The van der Waals surface area contributed by atoms with Crippen molar-refractivity contribution in [3.05, 3.63) is 24.8 Å². The molecule has 0 heterocycles. The van der Waals surface area contributed by atoms with E-state index in [0.29, 0.717) is 0 Å². The van der Waals surface area contributed by atoms with Crippen molar-refractivity contribution in [3.8, 4) is 6.07 Å². The van der Waals surface area contributed by atoms with Gasteiger partial charge in [-0.15, -0.1) is 0 Å². The molecular formula is C9H9NO3. The molecule has 0 amide bonds. The molecule has 13 heavy (non-hydrogen) atoms. The van der Waals surface area contributed by atoms with Crippen LogP contribution in [0.3, 0.4) is 0 Å². The van der Waals surface area contributed by atoms with Gasteiger partial charge in [0.25, 0.3) is 0 Å². The van der Waals surface area contributed by atoms with Crippen LogP contribution in [0.2, 0.25) is 0 Å². The minimum absolute atomic E-state index is 0.330. The molecule has 0 N–H and O–H groups in total. The Morgan fingerprint density at radius 1 is 1.62 bits per heavy atom.